The fourth-order valence-corrected chi connectivity index (χ4v) is 7.07. The second-order valence-corrected chi connectivity index (χ2v) is 12.9. The average molecular weight is 584 g/mol. The van der Waals surface area contributed by atoms with Crippen LogP contribution >= 0.6 is 11.8 Å². The summed E-state index contributed by atoms with van der Waals surface area (Å²) >= 11 is 1.53. The minimum atomic E-state index is -4.50. The molecule has 1 aliphatic carbocycles. The Hall–Kier alpha value is -2.77. The number of nitrogens with one attached hydrogen (secondary N) is 3. The molecule has 4 rings (SSSR count). The fourth-order valence-electron chi connectivity index (χ4n) is 4.99. The Bertz CT molecular complexity index is 1410. The lowest BCUT2D eigenvalue weighted by Crippen LogP contribution is -2.50. The minimum absolute atomic E-state index is 0.0987. The molecule has 0 radical (unpaired) electrons. The van der Waals surface area contributed by atoms with Crippen LogP contribution in [0.25, 0.3) is 10.9 Å². The Balaban J connectivity index is 1.45. The monoisotopic (exact) mass is 583 g/mol. The predicted molar refractivity (Wildman–Crippen MR) is 147 cm³/mol. The van der Waals surface area contributed by atoms with Gasteiger partial charge in [0.1, 0.15) is 0 Å². The van der Waals surface area contributed by atoms with Gasteiger partial charge in [-0.3, -0.25) is 9.89 Å². The summed E-state index contributed by atoms with van der Waals surface area (Å²) in [6.07, 6.45) is -0.561. The average Bonchev–Trinajstić information content (AvgIpc) is 3.30. The van der Waals surface area contributed by atoms with Crippen molar-refractivity contribution >= 4 is 44.2 Å². The number of aromatic nitrogens is 2. The number of carbonyl (C=O) groups is 1. The Labute approximate surface area is 230 Å². The number of rotatable bonds is 9. The summed E-state index contributed by atoms with van der Waals surface area (Å²) in [5, 5.41) is 12.7. The van der Waals surface area contributed by atoms with Gasteiger partial charge in [-0.05, 0) is 88.0 Å². The first-order chi connectivity index (χ1) is 18.4. The third kappa shape index (κ3) is 7.06. The molecule has 1 amide bonds. The van der Waals surface area contributed by atoms with Crippen LogP contribution in [-0.2, 0) is 20.8 Å². The number of anilines is 1. The predicted octanol–water partition coefficient (Wildman–Crippen LogP) is 4.40. The summed E-state index contributed by atoms with van der Waals surface area (Å²) in [6, 6.07) is 9.86. The fraction of sp³-hybridized carbons (Fsp3) is 0.462. The number of nitrogens with zero attached hydrogens (tertiary/aromatic N) is 2. The van der Waals surface area contributed by atoms with E-state index in [1.54, 1.807) is 24.3 Å². The first-order valence-electron chi connectivity index (χ1n) is 12.5. The summed E-state index contributed by atoms with van der Waals surface area (Å²) in [5.41, 5.74) is -0.405. The van der Waals surface area contributed by atoms with Crippen LogP contribution in [0.5, 0.6) is 0 Å². The number of hydrogen-bond acceptors (Lipinski definition) is 7. The van der Waals surface area contributed by atoms with Crippen molar-refractivity contribution in [1.29, 1.82) is 0 Å². The van der Waals surface area contributed by atoms with Gasteiger partial charge in [0.2, 0.25) is 5.91 Å². The molecule has 13 heteroatoms. The molecule has 8 nitrogen and oxygen atoms in total. The smallest absolute Gasteiger partial charge is 0.359 e. The summed E-state index contributed by atoms with van der Waals surface area (Å²) in [6.45, 7) is -0.223. The van der Waals surface area contributed by atoms with Crippen LogP contribution in [0.15, 0.2) is 52.3 Å². The van der Waals surface area contributed by atoms with E-state index in [1.807, 2.05) is 20.4 Å². The molecule has 1 fully saturated rings. The molecule has 1 aliphatic rings. The zero-order valence-electron chi connectivity index (χ0n) is 21.9. The molecule has 0 aliphatic heterocycles. The molecule has 1 saturated carbocycles. The van der Waals surface area contributed by atoms with Crippen LogP contribution in [-0.4, -0.2) is 74.2 Å². The van der Waals surface area contributed by atoms with Crippen LogP contribution in [0.4, 0.5) is 19.0 Å². The van der Waals surface area contributed by atoms with E-state index in [9.17, 15) is 26.4 Å². The highest BCUT2D eigenvalue weighted by Gasteiger charge is 2.36. The van der Waals surface area contributed by atoms with Gasteiger partial charge in [0.25, 0.3) is 0 Å². The van der Waals surface area contributed by atoms with Crippen molar-refractivity contribution in [1.82, 2.24) is 20.4 Å². The third-order valence-corrected chi connectivity index (χ3v) is 9.79. The van der Waals surface area contributed by atoms with Gasteiger partial charge < -0.3 is 15.5 Å². The maximum absolute atomic E-state index is 13.3. The minimum Gasteiger partial charge on any atom is -0.359 e. The van der Waals surface area contributed by atoms with E-state index in [4.69, 9.17) is 0 Å². The molecule has 2 aromatic carbocycles. The van der Waals surface area contributed by atoms with Crippen molar-refractivity contribution < 1.29 is 26.4 Å². The molecule has 0 spiro atoms. The molecule has 3 atom stereocenters. The molecular formula is C26H32F3N5O3S2. The second-order valence-electron chi connectivity index (χ2n) is 10.0. The van der Waals surface area contributed by atoms with Crippen LogP contribution < -0.4 is 10.6 Å². The van der Waals surface area contributed by atoms with E-state index in [0.29, 0.717) is 18.4 Å². The van der Waals surface area contributed by atoms with E-state index in [-0.39, 0.29) is 46.4 Å². The lowest BCUT2D eigenvalue weighted by Gasteiger charge is -2.39. The van der Waals surface area contributed by atoms with Crippen LogP contribution in [0.1, 0.15) is 24.8 Å². The highest BCUT2D eigenvalue weighted by atomic mass is 32.2. The topological polar surface area (TPSA) is 107 Å². The molecule has 3 N–H and O–H groups in total. The molecule has 212 valence electrons. The van der Waals surface area contributed by atoms with Crippen molar-refractivity contribution in [2.45, 2.75) is 47.3 Å². The maximum Gasteiger partial charge on any atom is 0.416 e. The lowest BCUT2D eigenvalue weighted by atomic mass is 9.82. The van der Waals surface area contributed by atoms with Crippen LogP contribution in [0, 0.1) is 5.92 Å². The normalized spacial score (nSPS) is 20.3. The van der Waals surface area contributed by atoms with Gasteiger partial charge >= 0.3 is 6.18 Å². The number of hydrogen-bond donors (Lipinski definition) is 3. The molecule has 3 aromatic rings. The Morgan fingerprint density at radius 2 is 1.87 bits per heavy atom. The maximum atomic E-state index is 13.3. The van der Waals surface area contributed by atoms with Crippen molar-refractivity contribution in [3.05, 3.63) is 48.0 Å². The number of alkyl halides is 3. The number of H-pyrrole nitrogens is 1. The lowest BCUT2D eigenvalue weighted by molar-refractivity contribution is -0.137. The van der Waals surface area contributed by atoms with Crippen LogP contribution in [0.2, 0.25) is 0 Å². The molecule has 0 saturated heterocycles. The van der Waals surface area contributed by atoms with E-state index in [2.05, 4.69) is 25.7 Å². The molecule has 39 heavy (non-hydrogen) atoms. The van der Waals surface area contributed by atoms with Gasteiger partial charge in [0.05, 0.1) is 28.3 Å². The van der Waals surface area contributed by atoms with Gasteiger partial charge in [-0.2, -0.15) is 18.3 Å². The third-order valence-electron chi connectivity index (χ3n) is 7.19. The number of amides is 1. The van der Waals surface area contributed by atoms with Gasteiger partial charge in [-0.1, -0.05) is 0 Å². The number of halogens is 3. The van der Waals surface area contributed by atoms with Crippen molar-refractivity contribution in [3.63, 3.8) is 0 Å². The largest absolute Gasteiger partial charge is 0.416 e. The standard InChI is InChI=1S/C26H32F3N5O3S2/c1-34(2)18-5-11-22(16(12-18)15-39(36,37)20-8-6-19(38-3)7-9-20)31-24(35)14-30-25-21-13-17(26(27,28)29)4-10-23(21)32-33-25/h4,6-10,13,16,18,22H,5,11-12,14-15H2,1-3H3,(H,31,35)(H2,30,32,33)/t16-,18+,22-/m0/s1. The highest BCUT2D eigenvalue weighted by molar-refractivity contribution is 7.98. The second kappa shape index (κ2) is 11.8. The molecule has 0 unspecified atom stereocenters. The van der Waals surface area contributed by atoms with Crippen LogP contribution in [0.3, 0.4) is 0 Å². The number of thioether (sulfide) groups is 1. The Morgan fingerprint density at radius 3 is 2.51 bits per heavy atom. The van der Waals surface area contributed by atoms with E-state index in [0.717, 1.165) is 23.4 Å². The zero-order valence-corrected chi connectivity index (χ0v) is 23.5. The van der Waals surface area contributed by atoms with E-state index in [1.165, 1.54) is 17.8 Å². The highest BCUT2D eigenvalue weighted by Crippen LogP contribution is 2.33. The van der Waals surface area contributed by atoms with Crippen molar-refractivity contribution in [3.8, 4) is 0 Å². The van der Waals surface area contributed by atoms with E-state index >= 15 is 0 Å². The number of carbonyl (C=O) groups excluding carboxylic acids is 1. The van der Waals surface area contributed by atoms with Gasteiger partial charge in [-0.25, -0.2) is 8.42 Å². The number of fused-ring (bicyclic) bond motifs is 1. The molecular weight excluding hydrogens is 551 g/mol. The summed E-state index contributed by atoms with van der Waals surface area (Å²) < 4.78 is 66.0. The Morgan fingerprint density at radius 1 is 1.15 bits per heavy atom. The quantitative estimate of drug-likeness (QED) is 0.321. The first kappa shape index (κ1) is 29.2. The number of aromatic amines is 1. The summed E-state index contributed by atoms with van der Waals surface area (Å²) in [4.78, 5) is 16.2. The molecule has 1 heterocycles. The number of sulfone groups is 1. The molecule has 1 aromatic heterocycles. The zero-order chi connectivity index (χ0) is 28.4. The van der Waals surface area contributed by atoms with Gasteiger partial charge in [-0.15, -0.1) is 11.8 Å². The van der Waals surface area contributed by atoms with Crippen molar-refractivity contribution in [2.24, 2.45) is 5.92 Å². The SMILES string of the molecule is CSc1ccc(S(=O)(=O)C[C@@H]2C[C@H](N(C)C)CC[C@@H]2NC(=O)CNc2n[nH]c3ccc(C(F)(F)F)cc23)cc1. The summed E-state index contributed by atoms with van der Waals surface area (Å²) in [7, 11) is 0.322. The van der Waals surface area contributed by atoms with E-state index < -0.39 is 27.5 Å². The first-order valence-corrected chi connectivity index (χ1v) is 15.4. The van der Waals surface area contributed by atoms with Crippen molar-refractivity contribution in [2.75, 3.05) is 38.0 Å². The summed E-state index contributed by atoms with van der Waals surface area (Å²) in [5.74, 6) is -0.659. The van der Waals surface area contributed by atoms with Gasteiger partial charge in [0.15, 0.2) is 15.7 Å². The Kier molecular flexibility index (Phi) is 8.82. The molecule has 0 bridgehead atoms. The number of benzene rings is 2. The van der Waals surface area contributed by atoms with Gasteiger partial charge in [0, 0.05) is 22.4 Å².